The second-order valence-electron chi connectivity index (χ2n) is 5.56. The molecule has 0 spiro atoms. The lowest BCUT2D eigenvalue weighted by Crippen LogP contribution is -2.29. The lowest BCUT2D eigenvalue weighted by molar-refractivity contribution is -0.0310. The van der Waals surface area contributed by atoms with E-state index in [-0.39, 0.29) is 6.10 Å². The molecule has 1 atom stereocenters. The third-order valence-electron chi connectivity index (χ3n) is 4.18. The summed E-state index contributed by atoms with van der Waals surface area (Å²) in [5.41, 5.74) is 0. The first-order valence-corrected chi connectivity index (χ1v) is 7.20. The van der Waals surface area contributed by atoms with E-state index in [1.807, 2.05) is 0 Å². The normalized spacial score (nSPS) is 25.9. The van der Waals surface area contributed by atoms with Crippen molar-refractivity contribution in [1.29, 1.82) is 0 Å². The summed E-state index contributed by atoms with van der Waals surface area (Å²) in [6.07, 6.45) is 8.24. The van der Waals surface area contributed by atoms with E-state index in [0.29, 0.717) is 18.4 Å². The fourth-order valence-corrected chi connectivity index (χ4v) is 2.92. The van der Waals surface area contributed by atoms with Gasteiger partial charge in [0.15, 0.2) is 0 Å². The molecule has 0 bridgehead atoms. The molecule has 100 valence electrons. The highest BCUT2D eigenvalue weighted by atomic mass is 16.5. The van der Waals surface area contributed by atoms with E-state index in [1.54, 1.807) is 0 Å². The minimum absolute atomic E-state index is 0.241. The van der Waals surface area contributed by atoms with Crippen LogP contribution in [0.2, 0.25) is 0 Å². The Balaban J connectivity index is 1.57. The van der Waals surface area contributed by atoms with E-state index < -0.39 is 0 Å². The fraction of sp³-hybridized carbons (Fsp3) is 1.00. The Morgan fingerprint density at radius 3 is 2.47 bits per heavy atom. The smallest absolute Gasteiger partial charge is 0.0801 e. The largest absolute Gasteiger partial charge is 0.390 e. The Morgan fingerprint density at radius 1 is 1.06 bits per heavy atom. The molecule has 1 saturated heterocycles. The predicted molar refractivity (Wildman–Crippen MR) is 66.9 cm³/mol. The van der Waals surface area contributed by atoms with Crippen LogP contribution >= 0.6 is 0 Å². The zero-order valence-corrected chi connectivity index (χ0v) is 10.8. The van der Waals surface area contributed by atoms with Crippen molar-refractivity contribution in [1.82, 2.24) is 0 Å². The predicted octanol–water partition coefficient (Wildman–Crippen LogP) is 2.37. The zero-order valence-electron chi connectivity index (χ0n) is 10.8. The molecule has 3 heteroatoms. The van der Waals surface area contributed by atoms with E-state index in [1.165, 1.54) is 32.1 Å². The Morgan fingerprint density at radius 2 is 1.76 bits per heavy atom. The number of aliphatic hydroxyl groups excluding tert-OH is 1. The van der Waals surface area contributed by atoms with Crippen LogP contribution in [0.25, 0.3) is 0 Å². The quantitative estimate of drug-likeness (QED) is 0.804. The molecule has 0 amide bonds. The van der Waals surface area contributed by atoms with Crippen LogP contribution in [0.3, 0.4) is 0 Å². The monoisotopic (exact) mass is 242 g/mol. The van der Waals surface area contributed by atoms with E-state index in [0.717, 1.165) is 32.7 Å². The minimum Gasteiger partial charge on any atom is -0.390 e. The Kier molecular flexibility index (Phi) is 5.75. The van der Waals surface area contributed by atoms with Gasteiger partial charge in [0.2, 0.25) is 0 Å². The first-order valence-electron chi connectivity index (χ1n) is 7.20. The molecule has 1 N–H and O–H groups in total. The number of rotatable bonds is 5. The molecule has 17 heavy (non-hydrogen) atoms. The van der Waals surface area contributed by atoms with Crippen molar-refractivity contribution in [3.63, 3.8) is 0 Å². The molecule has 1 aliphatic carbocycles. The third-order valence-corrected chi connectivity index (χ3v) is 4.18. The minimum atomic E-state index is -0.241. The summed E-state index contributed by atoms with van der Waals surface area (Å²) >= 11 is 0. The Hall–Kier alpha value is -0.120. The van der Waals surface area contributed by atoms with Crippen LogP contribution in [-0.4, -0.2) is 37.6 Å². The van der Waals surface area contributed by atoms with Crippen molar-refractivity contribution in [2.45, 2.75) is 51.0 Å². The molecule has 3 nitrogen and oxygen atoms in total. The van der Waals surface area contributed by atoms with Crippen molar-refractivity contribution < 1.29 is 14.6 Å². The second-order valence-corrected chi connectivity index (χ2v) is 5.56. The summed E-state index contributed by atoms with van der Waals surface area (Å²) in [5, 5.41) is 10.1. The highest BCUT2D eigenvalue weighted by molar-refractivity contribution is 4.73. The lowest BCUT2D eigenvalue weighted by atomic mass is 9.85. The van der Waals surface area contributed by atoms with Gasteiger partial charge in [-0.3, -0.25) is 0 Å². The van der Waals surface area contributed by atoms with Gasteiger partial charge in [-0.25, -0.2) is 0 Å². The topological polar surface area (TPSA) is 38.7 Å². The first kappa shape index (κ1) is 13.3. The van der Waals surface area contributed by atoms with Gasteiger partial charge in [0.05, 0.1) is 12.7 Å². The van der Waals surface area contributed by atoms with Crippen LogP contribution in [0, 0.1) is 11.8 Å². The van der Waals surface area contributed by atoms with Gasteiger partial charge in [-0.15, -0.1) is 0 Å². The highest BCUT2D eigenvalue weighted by Gasteiger charge is 2.22. The van der Waals surface area contributed by atoms with Crippen LogP contribution in [-0.2, 0) is 9.47 Å². The molecule has 0 aromatic rings. The summed E-state index contributed by atoms with van der Waals surface area (Å²) < 4.78 is 11.0. The van der Waals surface area contributed by atoms with E-state index >= 15 is 0 Å². The van der Waals surface area contributed by atoms with Crippen molar-refractivity contribution in [2.24, 2.45) is 11.8 Å². The molecule has 2 aliphatic rings. The molecule has 0 aromatic carbocycles. The molecule has 1 heterocycles. The highest BCUT2D eigenvalue weighted by Crippen LogP contribution is 2.26. The Labute approximate surface area is 104 Å². The maximum Gasteiger partial charge on any atom is 0.0801 e. The van der Waals surface area contributed by atoms with Gasteiger partial charge >= 0.3 is 0 Å². The molecule has 2 rings (SSSR count). The lowest BCUT2D eigenvalue weighted by Gasteiger charge is -2.27. The van der Waals surface area contributed by atoms with Gasteiger partial charge in [0.25, 0.3) is 0 Å². The molecule has 1 aliphatic heterocycles. The van der Waals surface area contributed by atoms with Crippen molar-refractivity contribution in [2.75, 3.05) is 26.4 Å². The summed E-state index contributed by atoms with van der Waals surface area (Å²) in [6, 6.07) is 0. The van der Waals surface area contributed by atoms with Gasteiger partial charge in [-0.2, -0.15) is 0 Å². The van der Waals surface area contributed by atoms with Gasteiger partial charge in [-0.1, -0.05) is 19.3 Å². The van der Waals surface area contributed by atoms with Crippen LogP contribution in [0.15, 0.2) is 0 Å². The fourth-order valence-electron chi connectivity index (χ4n) is 2.92. The second kappa shape index (κ2) is 7.34. The molecular weight excluding hydrogens is 216 g/mol. The summed E-state index contributed by atoms with van der Waals surface area (Å²) in [7, 11) is 0. The summed E-state index contributed by atoms with van der Waals surface area (Å²) in [6.45, 7) is 3.08. The van der Waals surface area contributed by atoms with Crippen molar-refractivity contribution in [3.05, 3.63) is 0 Å². The van der Waals surface area contributed by atoms with Crippen LogP contribution < -0.4 is 0 Å². The number of aliphatic hydroxyl groups is 1. The molecular formula is C14H26O3. The third kappa shape index (κ3) is 4.57. The maximum atomic E-state index is 10.1. The van der Waals surface area contributed by atoms with Crippen molar-refractivity contribution >= 4 is 0 Å². The van der Waals surface area contributed by atoms with E-state index in [4.69, 9.17) is 9.47 Å². The van der Waals surface area contributed by atoms with Crippen LogP contribution in [0.4, 0.5) is 0 Å². The van der Waals surface area contributed by atoms with Crippen molar-refractivity contribution in [3.8, 4) is 0 Å². The van der Waals surface area contributed by atoms with Gasteiger partial charge in [0, 0.05) is 19.8 Å². The number of hydrogen-bond acceptors (Lipinski definition) is 3. The molecule has 1 unspecified atom stereocenters. The first-order chi connectivity index (χ1) is 8.36. The Bertz CT molecular complexity index is 196. The van der Waals surface area contributed by atoms with Gasteiger partial charge in [0.1, 0.15) is 0 Å². The number of hydrogen-bond donors (Lipinski definition) is 1. The standard InChI is InChI=1S/C14H26O3/c15-14(13-4-2-1-3-5-13)11-17-10-12-6-8-16-9-7-12/h12-15H,1-11H2. The van der Waals surface area contributed by atoms with Crippen LogP contribution in [0.5, 0.6) is 0 Å². The maximum absolute atomic E-state index is 10.1. The van der Waals surface area contributed by atoms with Crippen LogP contribution in [0.1, 0.15) is 44.9 Å². The average molecular weight is 242 g/mol. The summed E-state index contributed by atoms with van der Waals surface area (Å²) in [4.78, 5) is 0. The molecule has 1 saturated carbocycles. The number of ether oxygens (including phenoxy) is 2. The molecule has 0 aromatic heterocycles. The summed E-state index contributed by atoms with van der Waals surface area (Å²) in [5.74, 6) is 1.13. The SMILES string of the molecule is OC(COCC1CCOCC1)C1CCCCC1. The average Bonchev–Trinajstić information content (AvgIpc) is 2.41. The van der Waals surface area contributed by atoms with E-state index in [2.05, 4.69) is 0 Å². The molecule has 2 fully saturated rings. The zero-order chi connectivity index (χ0) is 11.9. The van der Waals surface area contributed by atoms with Gasteiger partial charge < -0.3 is 14.6 Å². The van der Waals surface area contributed by atoms with E-state index in [9.17, 15) is 5.11 Å². The molecule has 0 radical (unpaired) electrons. The van der Waals surface area contributed by atoms with Gasteiger partial charge in [-0.05, 0) is 37.5 Å².